The molecule has 5 rings (SSSR count). The molecule has 2 heterocycles. The van der Waals surface area contributed by atoms with Crippen LogP contribution in [0.15, 0.2) is 84.9 Å². The van der Waals surface area contributed by atoms with Crippen molar-refractivity contribution in [2.24, 2.45) is 0 Å². The van der Waals surface area contributed by atoms with Crippen LogP contribution in [0.5, 0.6) is 5.75 Å². The van der Waals surface area contributed by atoms with Crippen molar-refractivity contribution in [2.75, 3.05) is 12.0 Å². The lowest BCUT2D eigenvalue weighted by Gasteiger charge is -2.27. The van der Waals surface area contributed by atoms with Crippen LogP contribution in [0.1, 0.15) is 27.9 Å². The summed E-state index contributed by atoms with van der Waals surface area (Å²) in [6.45, 7) is 1.43. The zero-order valence-corrected chi connectivity index (χ0v) is 19.5. The Morgan fingerprint density at radius 2 is 1.69 bits per heavy atom. The smallest absolute Gasteiger partial charge is 0.251 e. The second kappa shape index (κ2) is 9.85. The summed E-state index contributed by atoms with van der Waals surface area (Å²) in [5.41, 5.74) is 4.38. The minimum Gasteiger partial charge on any atom is -0.497 e. The third-order valence-corrected chi connectivity index (χ3v) is 6.11. The highest BCUT2D eigenvalue weighted by Gasteiger charge is 2.26. The van der Waals surface area contributed by atoms with Crippen LogP contribution < -0.4 is 15.0 Å². The molecule has 1 N–H and O–H groups in total. The van der Waals surface area contributed by atoms with Crippen molar-refractivity contribution >= 4 is 17.6 Å². The Labute approximate surface area is 204 Å². The highest BCUT2D eigenvalue weighted by Crippen LogP contribution is 2.29. The zero-order valence-electron chi connectivity index (χ0n) is 19.5. The van der Waals surface area contributed by atoms with Gasteiger partial charge in [0.15, 0.2) is 0 Å². The summed E-state index contributed by atoms with van der Waals surface area (Å²) < 4.78 is 7.05. The molecule has 0 unspecified atom stereocenters. The molecule has 2 amide bonds. The molecule has 0 atom stereocenters. The molecule has 7 heteroatoms. The van der Waals surface area contributed by atoms with E-state index in [4.69, 9.17) is 9.84 Å². The molecule has 176 valence electrons. The van der Waals surface area contributed by atoms with Crippen molar-refractivity contribution < 1.29 is 14.3 Å². The number of aromatic nitrogens is 2. The molecule has 0 spiro atoms. The monoisotopic (exact) mass is 466 g/mol. The Morgan fingerprint density at radius 1 is 0.971 bits per heavy atom. The van der Waals surface area contributed by atoms with Crippen LogP contribution in [0.4, 0.5) is 5.82 Å². The number of benzene rings is 3. The van der Waals surface area contributed by atoms with Gasteiger partial charge in [-0.2, -0.15) is 5.10 Å². The molecular formula is C28H26N4O3. The average Bonchev–Trinajstić information content (AvgIpc) is 3.35. The van der Waals surface area contributed by atoms with Crippen molar-refractivity contribution in [3.8, 4) is 17.0 Å². The van der Waals surface area contributed by atoms with Crippen LogP contribution in [-0.4, -0.2) is 28.7 Å². The summed E-state index contributed by atoms with van der Waals surface area (Å²) in [6, 6.07) is 26.9. The number of hydrogen-bond acceptors (Lipinski definition) is 4. The van der Waals surface area contributed by atoms with Crippen LogP contribution in [0.3, 0.4) is 0 Å². The van der Waals surface area contributed by atoms with Crippen molar-refractivity contribution in [1.29, 1.82) is 0 Å². The van der Waals surface area contributed by atoms with Crippen LogP contribution >= 0.6 is 0 Å². The summed E-state index contributed by atoms with van der Waals surface area (Å²) in [5.74, 6) is 1.49. The predicted molar refractivity (Wildman–Crippen MR) is 134 cm³/mol. The molecule has 0 aliphatic carbocycles. The van der Waals surface area contributed by atoms with Crippen LogP contribution in [-0.2, 0) is 24.4 Å². The first kappa shape index (κ1) is 22.4. The number of ether oxygens (including phenoxy) is 1. The topological polar surface area (TPSA) is 76.5 Å². The fourth-order valence-corrected chi connectivity index (χ4v) is 4.14. The van der Waals surface area contributed by atoms with Gasteiger partial charge in [-0.3, -0.25) is 14.5 Å². The number of hydrogen-bond donors (Lipinski definition) is 1. The number of carbonyl (C=O) groups is 2. The van der Waals surface area contributed by atoms with Gasteiger partial charge < -0.3 is 10.1 Å². The molecule has 0 saturated carbocycles. The summed E-state index contributed by atoms with van der Waals surface area (Å²) in [5, 5.41) is 7.64. The Morgan fingerprint density at radius 3 is 2.40 bits per heavy atom. The molecule has 1 aliphatic heterocycles. The quantitative estimate of drug-likeness (QED) is 0.437. The van der Waals surface area contributed by atoms with E-state index >= 15 is 0 Å². The molecule has 1 aliphatic rings. The number of nitrogens with zero attached hydrogens (tertiary/aromatic N) is 3. The van der Waals surface area contributed by atoms with Crippen molar-refractivity contribution in [3.05, 3.63) is 102 Å². The van der Waals surface area contributed by atoms with Gasteiger partial charge in [-0.05, 0) is 35.4 Å². The van der Waals surface area contributed by atoms with Gasteiger partial charge in [-0.15, -0.1) is 0 Å². The molecular weight excluding hydrogens is 440 g/mol. The van der Waals surface area contributed by atoms with Gasteiger partial charge in [0, 0.05) is 30.2 Å². The third-order valence-electron chi connectivity index (χ3n) is 6.11. The second-order valence-corrected chi connectivity index (χ2v) is 8.43. The molecule has 3 aromatic carbocycles. The lowest BCUT2D eigenvalue weighted by molar-refractivity contribution is -0.119. The Kier molecular flexibility index (Phi) is 6.30. The number of methoxy groups -OCH3 is 1. The first-order valence-corrected chi connectivity index (χ1v) is 11.5. The van der Waals surface area contributed by atoms with E-state index in [2.05, 4.69) is 5.32 Å². The molecule has 35 heavy (non-hydrogen) atoms. The predicted octanol–water partition coefficient (Wildman–Crippen LogP) is 4.43. The van der Waals surface area contributed by atoms with Crippen LogP contribution in [0.25, 0.3) is 11.3 Å². The minimum absolute atomic E-state index is 0.0679. The third kappa shape index (κ3) is 4.94. The number of fused-ring (bicyclic) bond motifs is 1. The Hall–Kier alpha value is -4.39. The van der Waals surface area contributed by atoms with Crippen molar-refractivity contribution in [1.82, 2.24) is 15.1 Å². The first-order valence-electron chi connectivity index (χ1n) is 11.5. The number of anilines is 1. The number of rotatable bonds is 7. The van der Waals surface area contributed by atoms with Crippen molar-refractivity contribution in [3.63, 3.8) is 0 Å². The normalized spacial score (nSPS) is 12.8. The van der Waals surface area contributed by atoms with E-state index in [1.807, 2.05) is 77.5 Å². The van der Waals surface area contributed by atoms with Gasteiger partial charge in [0.1, 0.15) is 11.6 Å². The lowest BCUT2D eigenvalue weighted by Crippen LogP contribution is -2.36. The van der Waals surface area contributed by atoms with E-state index in [9.17, 15) is 9.59 Å². The minimum atomic E-state index is -0.146. The highest BCUT2D eigenvalue weighted by atomic mass is 16.5. The Balaban J connectivity index is 1.26. The van der Waals surface area contributed by atoms with Crippen molar-refractivity contribution in [2.45, 2.75) is 26.1 Å². The van der Waals surface area contributed by atoms with Gasteiger partial charge in [-0.25, -0.2) is 4.68 Å². The van der Waals surface area contributed by atoms with E-state index in [0.717, 1.165) is 34.0 Å². The van der Waals surface area contributed by atoms with E-state index in [1.165, 1.54) is 0 Å². The van der Waals surface area contributed by atoms with Crippen LogP contribution in [0.2, 0.25) is 0 Å². The maximum absolute atomic E-state index is 12.8. The summed E-state index contributed by atoms with van der Waals surface area (Å²) in [6.07, 6.45) is 0.411. The molecule has 0 radical (unpaired) electrons. The molecule has 1 aromatic heterocycles. The first-order chi connectivity index (χ1) is 17.1. The maximum Gasteiger partial charge on any atom is 0.251 e. The molecule has 0 fully saturated rings. The summed E-state index contributed by atoms with van der Waals surface area (Å²) >= 11 is 0. The maximum atomic E-state index is 12.8. The molecule has 0 saturated heterocycles. The molecule has 4 aromatic rings. The van der Waals surface area contributed by atoms with Gasteiger partial charge in [-0.1, -0.05) is 54.6 Å². The summed E-state index contributed by atoms with van der Waals surface area (Å²) in [7, 11) is 1.62. The highest BCUT2D eigenvalue weighted by molar-refractivity contribution is 5.95. The largest absolute Gasteiger partial charge is 0.497 e. The fraction of sp³-hybridized carbons (Fsp3) is 0.179. The van der Waals surface area contributed by atoms with E-state index in [1.54, 1.807) is 24.1 Å². The summed E-state index contributed by atoms with van der Waals surface area (Å²) in [4.78, 5) is 27.1. The standard InChI is InChI=1S/C28H26N4O3/c1-35-24-13-9-20(10-14-24)18-29-28(34)23-11-7-21(8-12-23)19-31-26-17-25(22-5-3-2-4-6-22)30-32(26)16-15-27(31)33/h2-14,17H,15-16,18-19H2,1H3,(H,29,34). The number of carbonyl (C=O) groups excluding carboxylic acids is 2. The average molecular weight is 467 g/mol. The van der Waals surface area contributed by atoms with Gasteiger partial charge >= 0.3 is 0 Å². The van der Waals surface area contributed by atoms with Gasteiger partial charge in [0.25, 0.3) is 5.91 Å². The fourth-order valence-electron chi connectivity index (χ4n) is 4.14. The van der Waals surface area contributed by atoms with E-state index in [0.29, 0.717) is 31.6 Å². The molecule has 7 nitrogen and oxygen atoms in total. The van der Waals surface area contributed by atoms with Gasteiger partial charge in [0.05, 0.1) is 25.9 Å². The SMILES string of the molecule is COc1ccc(CNC(=O)c2ccc(CN3C(=O)CCn4nc(-c5ccccc5)cc43)cc2)cc1. The Bertz CT molecular complexity index is 1330. The van der Waals surface area contributed by atoms with Crippen LogP contribution in [0, 0.1) is 0 Å². The van der Waals surface area contributed by atoms with E-state index < -0.39 is 0 Å². The van der Waals surface area contributed by atoms with E-state index in [-0.39, 0.29) is 11.8 Å². The lowest BCUT2D eigenvalue weighted by atomic mass is 10.1. The van der Waals surface area contributed by atoms with Gasteiger partial charge in [0.2, 0.25) is 5.91 Å². The second-order valence-electron chi connectivity index (χ2n) is 8.43. The molecule has 0 bridgehead atoms. The number of aryl methyl sites for hydroxylation is 1. The number of amides is 2. The zero-order chi connectivity index (χ0) is 24.2. The number of nitrogens with one attached hydrogen (secondary N) is 1.